The Labute approximate surface area is 110 Å². The Morgan fingerprint density at radius 1 is 0.833 bits per heavy atom. The predicted molar refractivity (Wildman–Crippen MR) is 72.2 cm³/mol. The normalized spacial score (nSPS) is 31.4. The third kappa shape index (κ3) is 3.98. The lowest BCUT2D eigenvalue weighted by atomic mass is 9.97. The number of amides is 1. The van der Waals surface area contributed by atoms with Gasteiger partial charge < -0.3 is 10.4 Å². The molecule has 3 nitrogen and oxygen atoms in total. The van der Waals surface area contributed by atoms with E-state index in [0.717, 1.165) is 38.5 Å². The first-order valence-corrected chi connectivity index (χ1v) is 7.76. The summed E-state index contributed by atoms with van der Waals surface area (Å²) in [5.41, 5.74) is 0. The second kappa shape index (κ2) is 7.13. The first-order valence-electron chi connectivity index (χ1n) is 7.76. The van der Waals surface area contributed by atoms with Gasteiger partial charge in [-0.15, -0.1) is 0 Å². The van der Waals surface area contributed by atoms with Crippen molar-refractivity contribution in [3.8, 4) is 0 Å². The first kappa shape index (κ1) is 13.9. The van der Waals surface area contributed by atoms with Gasteiger partial charge >= 0.3 is 0 Å². The fraction of sp³-hybridized carbons (Fsp3) is 0.933. The zero-order valence-electron chi connectivity index (χ0n) is 11.4. The lowest BCUT2D eigenvalue weighted by Gasteiger charge is -2.24. The molecule has 1 amide bonds. The van der Waals surface area contributed by atoms with Gasteiger partial charge in [-0.1, -0.05) is 44.9 Å². The van der Waals surface area contributed by atoms with Gasteiger partial charge in [-0.2, -0.15) is 0 Å². The summed E-state index contributed by atoms with van der Waals surface area (Å²) in [6.45, 7) is 0. The molecule has 0 saturated heterocycles. The number of rotatable bonds is 2. The summed E-state index contributed by atoms with van der Waals surface area (Å²) in [7, 11) is 0. The molecule has 0 spiro atoms. The molecule has 0 aromatic rings. The molecule has 104 valence electrons. The van der Waals surface area contributed by atoms with Crippen LogP contribution in [0.1, 0.15) is 70.6 Å². The van der Waals surface area contributed by atoms with Crippen LogP contribution in [0.25, 0.3) is 0 Å². The Morgan fingerprint density at radius 2 is 1.39 bits per heavy atom. The van der Waals surface area contributed by atoms with Crippen molar-refractivity contribution in [3.63, 3.8) is 0 Å². The fourth-order valence-electron chi connectivity index (χ4n) is 3.30. The van der Waals surface area contributed by atoms with E-state index in [-0.39, 0.29) is 24.0 Å². The summed E-state index contributed by atoms with van der Waals surface area (Å²) in [4.78, 5) is 12.3. The standard InChI is InChI=1S/C15H27NO2/c17-14-11-7-3-6-10-13(14)16-15(18)12-8-4-1-2-5-9-12/h12-14,17H,1-11H2,(H,16,18). The van der Waals surface area contributed by atoms with Crippen molar-refractivity contribution in [1.29, 1.82) is 0 Å². The minimum absolute atomic E-state index is 0.00301. The second-order valence-corrected chi connectivity index (χ2v) is 6.01. The van der Waals surface area contributed by atoms with Gasteiger partial charge in [-0.25, -0.2) is 0 Å². The molecule has 0 radical (unpaired) electrons. The summed E-state index contributed by atoms with van der Waals surface area (Å²) in [5.74, 6) is 0.394. The van der Waals surface area contributed by atoms with Crippen LogP contribution in [0.2, 0.25) is 0 Å². The molecule has 2 aliphatic rings. The van der Waals surface area contributed by atoms with E-state index in [1.165, 1.54) is 32.1 Å². The van der Waals surface area contributed by atoms with Crippen LogP contribution in [-0.4, -0.2) is 23.2 Å². The lowest BCUT2D eigenvalue weighted by Crippen LogP contribution is -2.45. The summed E-state index contributed by atoms with van der Waals surface area (Å²) in [6, 6.07) is 0.00301. The van der Waals surface area contributed by atoms with E-state index >= 15 is 0 Å². The molecule has 18 heavy (non-hydrogen) atoms. The maximum absolute atomic E-state index is 12.3. The molecule has 2 N–H and O–H groups in total. The predicted octanol–water partition coefficient (Wildman–Crippen LogP) is 2.77. The largest absolute Gasteiger partial charge is 0.391 e. The molecule has 2 unspecified atom stereocenters. The van der Waals surface area contributed by atoms with Crippen molar-refractivity contribution < 1.29 is 9.90 Å². The van der Waals surface area contributed by atoms with Crippen LogP contribution in [0.5, 0.6) is 0 Å². The van der Waals surface area contributed by atoms with Crippen LogP contribution in [0, 0.1) is 5.92 Å². The molecule has 0 aromatic heterocycles. The van der Waals surface area contributed by atoms with Crippen molar-refractivity contribution >= 4 is 5.91 Å². The zero-order valence-corrected chi connectivity index (χ0v) is 11.4. The van der Waals surface area contributed by atoms with E-state index in [9.17, 15) is 9.90 Å². The number of carbonyl (C=O) groups is 1. The Kier molecular flexibility index (Phi) is 5.48. The highest BCUT2D eigenvalue weighted by Gasteiger charge is 2.26. The Balaban J connectivity index is 1.84. The fourth-order valence-corrected chi connectivity index (χ4v) is 3.30. The molecule has 2 atom stereocenters. The SMILES string of the molecule is O=C(NC1CCCCCC1O)C1CCCCCC1. The molecular formula is C15H27NO2. The number of aliphatic hydroxyl groups excluding tert-OH is 1. The number of hydrogen-bond acceptors (Lipinski definition) is 2. The van der Waals surface area contributed by atoms with Crippen LogP contribution in [0.3, 0.4) is 0 Å². The van der Waals surface area contributed by atoms with Crippen LogP contribution in [0.15, 0.2) is 0 Å². The van der Waals surface area contributed by atoms with Crippen molar-refractivity contribution in [2.75, 3.05) is 0 Å². The van der Waals surface area contributed by atoms with E-state index in [0.29, 0.717) is 0 Å². The maximum atomic E-state index is 12.3. The van der Waals surface area contributed by atoms with Crippen LogP contribution in [0.4, 0.5) is 0 Å². The third-order valence-corrected chi connectivity index (χ3v) is 4.53. The molecule has 2 saturated carbocycles. The molecule has 2 aliphatic carbocycles. The quantitative estimate of drug-likeness (QED) is 0.743. The van der Waals surface area contributed by atoms with Crippen LogP contribution >= 0.6 is 0 Å². The Bertz CT molecular complexity index is 259. The Morgan fingerprint density at radius 3 is 2.11 bits per heavy atom. The van der Waals surface area contributed by atoms with Gasteiger partial charge in [0.1, 0.15) is 0 Å². The van der Waals surface area contributed by atoms with Gasteiger partial charge in [0.2, 0.25) is 5.91 Å². The van der Waals surface area contributed by atoms with Crippen molar-refractivity contribution in [1.82, 2.24) is 5.32 Å². The highest BCUT2D eigenvalue weighted by Crippen LogP contribution is 2.24. The van der Waals surface area contributed by atoms with Gasteiger partial charge in [-0.3, -0.25) is 4.79 Å². The molecule has 0 heterocycles. The molecular weight excluding hydrogens is 226 g/mol. The molecule has 2 rings (SSSR count). The van der Waals surface area contributed by atoms with Gasteiger partial charge in [0.05, 0.1) is 12.1 Å². The molecule has 0 aromatic carbocycles. The average molecular weight is 253 g/mol. The molecule has 0 aliphatic heterocycles. The van der Waals surface area contributed by atoms with Gasteiger partial charge in [0, 0.05) is 5.92 Å². The van der Waals surface area contributed by atoms with E-state index in [1.54, 1.807) is 0 Å². The molecule has 3 heteroatoms. The number of carbonyl (C=O) groups excluding carboxylic acids is 1. The zero-order chi connectivity index (χ0) is 12.8. The summed E-state index contributed by atoms with van der Waals surface area (Å²) in [5, 5.41) is 13.2. The highest BCUT2D eigenvalue weighted by atomic mass is 16.3. The Hall–Kier alpha value is -0.570. The van der Waals surface area contributed by atoms with Crippen molar-refractivity contribution in [3.05, 3.63) is 0 Å². The van der Waals surface area contributed by atoms with Crippen LogP contribution < -0.4 is 5.32 Å². The number of nitrogens with one attached hydrogen (secondary N) is 1. The minimum atomic E-state index is -0.331. The highest BCUT2D eigenvalue weighted by molar-refractivity contribution is 5.79. The topological polar surface area (TPSA) is 49.3 Å². The lowest BCUT2D eigenvalue weighted by molar-refractivity contribution is -0.127. The average Bonchev–Trinajstić information content (AvgIpc) is 2.73. The third-order valence-electron chi connectivity index (χ3n) is 4.53. The van der Waals surface area contributed by atoms with E-state index in [4.69, 9.17) is 0 Å². The molecule has 2 fully saturated rings. The number of hydrogen-bond donors (Lipinski definition) is 2. The van der Waals surface area contributed by atoms with E-state index < -0.39 is 0 Å². The summed E-state index contributed by atoms with van der Waals surface area (Å²) in [6.07, 6.45) is 11.9. The first-order chi connectivity index (χ1) is 8.77. The van der Waals surface area contributed by atoms with Crippen molar-refractivity contribution in [2.24, 2.45) is 5.92 Å². The van der Waals surface area contributed by atoms with Crippen LogP contribution in [-0.2, 0) is 4.79 Å². The second-order valence-electron chi connectivity index (χ2n) is 6.01. The molecule has 0 bridgehead atoms. The monoisotopic (exact) mass is 253 g/mol. The minimum Gasteiger partial charge on any atom is -0.391 e. The van der Waals surface area contributed by atoms with E-state index in [2.05, 4.69) is 5.32 Å². The summed E-state index contributed by atoms with van der Waals surface area (Å²) < 4.78 is 0. The summed E-state index contributed by atoms with van der Waals surface area (Å²) >= 11 is 0. The van der Waals surface area contributed by atoms with Gasteiger partial charge in [0.25, 0.3) is 0 Å². The van der Waals surface area contributed by atoms with Gasteiger partial charge in [-0.05, 0) is 25.7 Å². The van der Waals surface area contributed by atoms with E-state index in [1.807, 2.05) is 0 Å². The van der Waals surface area contributed by atoms with Crippen molar-refractivity contribution in [2.45, 2.75) is 82.8 Å². The smallest absolute Gasteiger partial charge is 0.223 e. The number of aliphatic hydroxyl groups is 1. The maximum Gasteiger partial charge on any atom is 0.223 e. The van der Waals surface area contributed by atoms with Gasteiger partial charge in [0.15, 0.2) is 0 Å².